The third kappa shape index (κ3) is 8.49. The SMILES string of the molecule is O=C(CCOc1ccccc1)NCCCCCCCl. The molecule has 1 aromatic carbocycles. The number of unbranched alkanes of at least 4 members (excludes halogenated alkanes) is 3. The van der Waals surface area contributed by atoms with E-state index < -0.39 is 0 Å². The van der Waals surface area contributed by atoms with Gasteiger partial charge in [0.25, 0.3) is 0 Å². The summed E-state index contributed by atoms with van der Waals surface area (Å²) in [6, 6.07) is 9.53. The maximum Gasteiger partial charge on any atom is 0.223 e. The van der Waals surface area contributed by atoms with E-state index in [0.717, 1.165) is 43.9 Å². The molecule has 0 aliphatic rings. The number of nitrogens with one attached hydrogen (secondary N) is 1. The van der Waals surface area contributed by atoms with E-state index in [1.54, 1.807) is 0 Å². The van der Waals surface area contributed by atoms with Gasteiger partial charge in [0, 0.05) is 12.4 Å². The van der Waals surface area contributed by atoms with Gasteiger partial charge in [-0.3, -0.25) is 4.79 Å². The fourth-order valence-corrected chi connectivity index (χ4v) is 1.86. The van der Waals surface area contributed by atoms with Gasteiger partial charge in [-0.05, 0) is 25.0 Å². The van der Waals surface area contributed by atoms with Crippen LogP contribution in [0.1, 0.15) is 32.1 Å². The van der Waals surface area contributed by atoms with Crippen LogP contribution in [-0.2, 0) is 4.79 Å². The van der Waals surface area contributed by atoms with Gasteiger partial charge in [0.05, 0.1) is 13.0 Å². The third-order valence-electron chi connectivity index (χ3n) is 2.72. The molecule has 0 radical (unpaired) electrons. The Kier molecular flexibility index (Phi) is 8.90. The Morgan fingerprint density at radius 3 is 2.58 bits per heavy atom. The van der Waals surface area contributed by atoms with E-state index >= 15 is 0 Å². The first kappa shape index (κ1) is 15.8. The lowest BCUT2D eigenvalue weighted by Crippen LogP contribution is -2.25. The molecule has 0 unspecified atom stereocenters. The summed E-state index contributed by atoms with van der Waals surface area (Å²) in [7, 11) is 0. The number of ether oxygens (including phenoxy) is 1. The molecule has 1 N–H and O–H groups in total. The quantitative estimate of drug-likeness (QED) is 0.528. The summed E-state index contributed by atoms with van der Waals surface area (Å²) in [6.45, 7) is 1.16. The molecule has 1 rings (SSSR count). The number of halogens is 1. The first-order valence-corrected chi connectivity index (χ1v) is 7.37. The smallest absolute Gasteiger partial charge is 0.223 e. The molecule has 0 atom stereocenters. The van der Waals surface area contributed by atoms with E-state index in [-0.39, 0.29) is 5.91 Å². The minimum atomic E-state index is 0.0493. The molecule has 0 saturated carbocycles. The maximum atomic E-state index is 11.5. The van der Waals surface area contributed by atoms with Crippen LogP contribution in [0.4, 0.5) is 0 Å². The number of carbonyl (C=O) groups is 1. The van der Waals surface area contributed by atoms with Crippen molar-refractivity contribution in [3.05, 3.63) is 30.3 Å². The maximum absolute atomic E-state index is 11.5. The van der Waals surface area contributed by atoms with Crippen LogP contribution in [-0.4, -0.2) is 24.9 Å². The summed E-state index contributed by atoms with van der Waals surface area (Å²) in [5.41, 5.74) is 0. The highest BCUT2D eigenvalue weighted by Gasteiger charge is 2.01. The van der Waals surface area contributed by atoms with Crippen molar-refractivity contribution in [3.8, 4) is 5.75 Å². The molecule has 0 aliphatic carbocycles. The summed E-state index contributed by atoms with van der Waals surface area (Å²) in [5, 5.41) is 2.89. The highest BCUT2D eigenvalue weighted by Crippen LogP contribution is 2.08. The minimum Gasteiger partial charge on any atom is -0.493 e. The molecule has 4 heteroatoms. The first-order chi connectivity index (χ1) is 9.33. The molecule has 1 amide bonds. The molecular weight excluding hydrogens is 262 g/mol. The van der Waals surface area contributed by atoms with Crippen molar-refractivity contribution in [2.24, 2.45) is 0 Å². The molecule has 19 heavy (non-hydrogen) atoms. The van der Waals surface area contributed by atoms with E-state index in [9.17, 15) is 4.79 Å². The van der Waals surface area contributed by atoms with Crippen LogP contribution in [0, 0.1) is 0 Å². The van der Waals surface area contributed by atoms with Crippen molar-refractivity contribution in [1.82, 2.24) is 5.32 Å². The van der Waals surface area contributed by atoms with Crippen LogP contribution in [0.15, 0.2) is 30.3 Å². The number of para-hydroxylation sites is 1. The van der Waals surface area contributed by atoms with Crippen LogP contribution in [0.2, 0.25) is 0 Å². The Morgan fingerprint density at radius 2 is 1.84 bits per heavy atom. The number of hydrogen-bond acceptors (Lipinski definition) is 2. The predicted molar refractivity (Wildman–Crippen MR) is 78.8 cm³/mol. The lowest BCUT2D eigenvalue weighted by atomic mass is 10.2. The number of benzene rings is 1. The zero-order valence-corrected chi connectivity index (χ0v) is 12.0. The number of alkyl halides is 1. The summed E-state index contributed by atoms with van der Waals surface area (Å²) < 4.78 is 5.46. The van der Waals surface area contributed by atoms with Gasteiger partial charge >= 0.3 is 0 Å². The Morgan fingerprint density at radius 1 is 1.11 bits per heavy atom. The second kappa shape index (κ2) is 10.7. The van der Waals surface area contributed by atoms with Crippen molar-refractivity contribution in [3.63, 3.8) is 0 Å². The molecule has 0 heterocycles. The van der Waals surface area contributed by atoms with Gasteiger partial charge in [-0.15, -0.1) is 11.6 Å². The second-order valence-electron chi connectivity index (χ2n) is 4.36. The molecule has 0 aliphatic heterocycles. The van der Waals surface area contributed by atoms with Gasteiger partial charge in [0.1, 0.15) is 5.75 Å². The number of hydrogen-bond donors (Lipinski definition) is 1. The number of carbonyl (C=O) groups excluding carboxylic acids is 1. The van der Waals surface area contributed by atoms with Gasteiger partial charge in [-0.1, -0.05) is 31.0 Å². The molecule has 0 saturated heterocycles. The molecule has 3 nitrogen and oxygen atoms in total. The van der Waals surface area contributed by atoms with Crippen molar-refractivity contribution in [1.29, 1.82) is 0 Å². The summed E-state index contributed by atoms with van der Waals surface area (Å²) in [6.07, 6.45) is 4.73. The lowest BCUT2D eigenvalue weighted by Gasteiger charge is -2.07. The summed E-state index contributed by atoms with van der Waals surface area (Å²) >= 11 is 5.59. The fraction of sp³-hybridized carbons (Fsp3) is 0.533. The third-order valence-corrected chi connectivity index (χ3v) is 2.99. The van der Waals surface area contributed by atoms with E-state index in [1.165, 1.54) is 0 Å². The Hall–Kier alpha value is -1.22. The standard InChI is InChI=1S/C15H22ClNO2/c16-11-6-1-2-7-12-17-15(18)10-13-19-14-8-4-3-5-9-14/h3-5,8-9H,1-2,6-7,10-13H2,(H,17,18). The van der Waals surface area contributed by atoms with Crippen LogP contribution >= 0.6 is 11.6 Å². The highest BCUT2D eigenvalue weighted by molar-refractivity contribution is 6.17. The Bertz CT molecular complexity index is 343. The first-order valence-electron chi connectivity index (χ1n) is 6.83. The Labute approximate surface area is 120 Å². The molecule has 0 bridgehead atoms. The second-order valence-corrected chi connectivity index (χ2v) is 4.74. The van der Waals surface area contributed by atoms with Gasteiger partial charge in [-0.2, -0.15) is 0 Å². The molecule has 0 spiro atoms. The minimum absolute atomic E-state index is 0.0493. The normalized spacial score (nSPS) is 10.2. The fourth-order valence-electron chi connectivity index (χ4n) is 1.67. The van der Waals surface area contributed by atoms with Crippen LogP contribution in [0.3, 0.4) is 0 Å². The Balaban J connectivity index is 1.96. The molecule has 0 aromatic heterocycles. The number of amides is 1. The summed E-state index contributed by atoms with van der Waals surface area (Å²) in [4.78, 5) is 11.5. The van der Waals surface area contributed by atoms with Gasteiger partial charge in [0.2, 0.25) is 5.91 Å². The van der Waals surface area contributed by atoms with Crippen LogP contribution in [0.25, 0.3) is 0 Å². The molecule has 106 valence electrons. The average Bonchev–Trinajstić information content (AvgIpc) is 2.44. The van der Waals surface area contributed by atoms with Gasteiger partial charge in [0.15, 0.2) is 0 Å². The van der Waals surface area contributed by atoms with Crippen molar-refractivity contribution < 1.29 is 9.53 Å². The predicted octanol–water partition coefficient (Wildman–Crippen LogP) is 3.37. The van der Waals surface area contributed by atoms with Crippen molar-refractivity contribution >= 4 is 17.5 Å². The van der Waals surface area contributed by atoms with Gasteiger partial charge < -0.3 is 10.1 Å². The number of rotatable bonds is 10. The zero-order chi connectivity index (χ0) is 13.8. The van der Waals surface area contributed by atoms with Gasteiger partial charge in [-0.25, -0.2) is 0 Å². The van der Waals surface area contributed by atoms with E-state index in [2.05, 4.69) is 5.32 Å². The molecular formula is C15H22ClNO2. The largest absolute Gasteiger partial charge is 0.493 e. The van der Waals surface area contributed by atoms with Crippen LogP contribution < -0.4 is 10.1 Å². The van der Waals surface area contributed by atoms with E-state index in [0.29, 0.717) is 13.0 Å². The van der Waals surface area contributed by atoms with Crippen molar-refractivity contribution in [2.45, 2.75) is 32.1 Å². The monoisotopic (exact) mass is 283 g/mol. The summed E-state index contributed by atoms with van der Waals surface area (Å²) in [5.74, 6) is 1.58. The van der Waals surface area contributed by atoms with E-state index in [4.69, 9.17) is 16.3 Å². The topological polar surface area (TPSA) is 38.3 Å². The lowest BCUT2D eigenvalue weighted by molar-refractivity contribution is -0.121. The van der Waals surface area contributed by atoms with Crippen molar-refractivity contribution in [2.75, 3.05) is 19.0 Å². The molecule has 0 fully saturated rings. The average molecular weight is 284 g/mol. The highest BCUT2D eigenvalue weighted by atomic mass is 35.5. The zero-order valence-electron chi connectivity index (χ0n) is 11.2. The van der Waals surface area contributed by atoms with Crippen LogP contribution in [0.5, 0.6) is 5.75 Å². The van der Waals surface area contributed by atoms with E-state index in [1.807, 2.05) is 30.3 Å². The molecule has 1 aromatic rings.